The van der Waals surface area contributed by atoms with Gasteiger partial charge in [0.25, 0.3) is 10.1 Å². The van der Waals surface area contributed by atoms with Gasteiger partial charge in [0.2, 0.25) is 0 Å². The molecule has 2 N–H and O–H groups in total. The van der Waals surface area contributed by atoms with Crippen molar-refractivity contribution in [2.75, 3.05) is 0 Å². The molecule has 0 saturated carbocycles. The number of benzene rings is 3. The molecule has 0 aliphatic carbocycles. The monoisotopic (exact) mass is 1020 g/mol. The van der Waals surface area contributed by atoms with Gasteiger partial charge in [-0.1, -0.05) is 0 Å². The molecule has 4 rings (SSSR count). The Hall–Kier alpha value is 3.01. The van der Waals surface area contributed by atoms with Crippen LogP contribution in [0.15, 0.2) is 64.9 Å². The van der Waals surface area contributed by atoms with Crippen LogP contribution in [0.4, 0.5) is 0 Å². The Labute approximate surface area is 312 Å². The van der Waals surface area contributed by atoms with E-state index in [2.05, 4.69) is 127 Å². The number of halogens is 8. The Morgan fingerprint density at radius 2 is 0.971 bits per heavy atom. The Balaban J connectivity index is 0.00000216. The molecule has 2 radical (unpaired) electrons. The summed E-state index contributed by atoms with van der Waals surface area (Å²) in [6.07, 6.45) is 0. The van der Waals surface area contributed by atoms with Gasteiger partial charge in [0.05, 0.1) is 22.4 Å². The Morgan fingerprint density at radius 1 is 0.629 bits per heavy atom. The van der Waals surface area contributed by atoms with Gasteiger partial charge in [-0.05, 0) is 163 Å². The molecular weight excluding hydrogens is 1030 g/mol. The van der Waals surface area contributed by atoms with E-state index in [4.69, 9.17) is 4.18 Å². The molecule has 0 aromatic heterocycles. The maximum absolute atomic E-state index is 13.5. The first-order chi connectivity index (χ1) is 15.2. The normalized spacial score (nSPS) is 15.2. The molecule has 0 spiro atoms. The van der Waals surface area contributed by atoms with E-state index in [0.29, 0.717) is 48.0 Å². The van der Waals surface area contributed by atoms with E-state index >= 15 is 0 Å². The van der Waals surface area contributed by atoms with E-state index < -0.39 is 15.7 Å². The molecule has 0 unspecified atom stereocenters. The summed E-state index contributed by atoms with van der Waals surface area (Å²) in [6.45, 7) is 0. The van der Waals surface area contributed by atoms with Crippen molar-refractivity contribution in [1.82, 2.24) is 0 Å². The zero-order valence-electron chi connectivity index (χ0n) is 17.4. The third-order valence-electron chi connectivity index (χ3n) is 4.91. The van der Waals surface area contributed by atoms with Crippen LogP contribution in [0.5, 0.6) is 11.5 Å². The molecule has 0 fully saturated rings. The van der Waals surface area contributed by atoms with Gasteiger partial charge < -0.3 is 10.2 Å². The van der Waals surface area contributed by atoms with Crippen molar-refractivity contribution in [1.29, 1.82) is 0 Å². The smallest absolute Gasteiger partial charge is 0.300 e. The van der Waals surface area contributed by atoms with Gasteiger partial charge in [0, 0.05) is 78.1 Å². The van der Waals surface area contributed by atoms with Gasteiger partial charge in [0.1, 0.15) is 16.4 Å². The molecule has 5 nitrogen and oxygen atoms in total. The van der Waals surface area contributed by atoms with Crippen molar-refractivity contribution in [3.8, 4) is 11.5 Å². The predicted molar refractivity (Wildman–Crippen MR) is 164 cm³/mol. The molecule has 16 heteroatoms. The number of aromatic hydroxyl groups is 2. The van der Waals surface area contributed by atoms with Crippen molar-refractivity contribution in [2.45, 2.75) is 10.5 Å². The van der Waals surface area contributed by atoms with Crippen LogP contribution in [0.3, 0.4) is 0 Å². The fourth-order valence-electron chi connectivity index (χ4n) is 3.50. The van der Waals surface area contributed by atoms with Gasteiger partial charge in [0.15, 0.2) is 5.60 Å². The van der Waals surface area contributed by atoms with Crippen LogP contribution in [0.2, 0.25) is 0 Å². The van der Waals surface area contributed by atoms with Crippen molar-refractivity contribution >= 4 is 197 Å². The first kappa shape index (κ1) is 34.2. The maximum Gasteiger partial charge on any atom is 0.300 e. The van der Waals surface area contributed by atoms with Crippen LogP contribution in [0.1, 0.15) is 16.7 Å². The topological polar surface area (TPSA) is 83.8 Å². The molecule has 1 aliphatic rings. The molecule has 35 heavy (non-hydrogen) atoms. The van der Waals surface area contributed by atoms with Gasteiger partial charge in [-0.3, -0.25) is 0 Å². The van der Waals surface area contributed by atoms with Crippen molar-refractivity contribution in [3.05, 3.63) is 76.7 Å². The number of phenols is 2. The summed E-state index contributed by atoms with van der Waals surface area (Å²) in [6, 6.07) is 6.32. The first-order valence-corrected chi connectivity index (χ1v) is 16.2. The van der Waals surface area contributed by atoms with E-state index in [0.717, 1.165) is 0 Å². The third kappa shape index (κ3) is 5.73. The van der Waals surface area contributed by atoms with E-state index in [1.54, 1.807) is 24.3 Å². The zero-order valence-corrected chi connectivity index (χ0v) is 34.9. The first-order valence-electron chi connectivity index (χ1n) is 8.43. The minimum absolute atomic E-state index is 0. The van der Waals surface area contributed by atoms with E-state index in [9.17, 15) is 18.6 Å². The second-order valence-electron chi connectivity index (χ2n) is 6.76. The molecule has 1 heterocycles. The van der Waals surface area contributed by atoms with Gasteiger partial charge >= 0.3 is 0 Å². The second-order valence-corrected chi connectivity index (χ2v) is 14.8. The number of hydrogen-bond donors (Lipinski definition) is 2. The van der Waals surface area contributed by atoms with Crippen LogP contribution < -0.4 is 0 Å². The zero-order chi connectivity index (χ0) is 24.6. The molecule has 0 amide bonds. The van der Waals surface area contributed by atoms with Gasteiger partial charge in [-0.15, -0.1) is 0 Å². The largest absolute Gasteiger partial charge is 0.506 e. The SMILES string of the molecule is O=S1(=O)OC(c2cc(Br)c(O)c(Br)c2)(c2cc(Br)c(O)c(Br)c2)c2c(Br)c(Br)c(Br)c(Br)c21.[Na].[Na]. The van der Waals surface area contributed by atoms with E-state index in [1.807, 2.05) is 0 Å². The fourth-order valence-corrected chi connectivity index (χ4v) is 10.6. The van der Waals surface area contributed by atoms with Crippen LogP contribution in [-0.4, -0.2) is 77.7 Å². The second kappa shape index (κ2) is 12.5. The van der Waals surface area contributed by atoms with Crippen molar-refractivity contribution in [2.24, 2.45) is 0 Å². The van der Waals surface area contributed by atoms with E-state index in [1.165, 1.54) is 0 Å². The summed E-state index contributed by atoms with van der Waals surface area (Å²) in [4.78, 5) is -0.0647. The average Bonchev–Trinajstić information content (AvgIpc) is 3.00. The molecule has 3 aromatic carbocycles. The fraction of sp³-hybridized carbons (Fsp3) is 0.0526. The summed E-state index contributed by atoms with van der Waals surface area (Å²) in [5, 5.41) is 20.6. The molecule has 0 saturated heterocycles. The quantitative estimate of drug-likeness (QED) is 0.117. The summed E-state index contributed by atoms with van der Waals surface area (Å²) >= 11 is 27.2. The summed E-state index contributed by atoms with van der Waals surface area (Å²) < 4.78 is 36.0. The van der Waals surface area contributed by atoms with Crippen LogP contribution in [-0.2, 0) is 19.9 Å². The summed E-state index contributed by atoms with van der Waals surface area (Å²) in [5.74, 6) is -0.111. The van der Waals surface area contributed by atoms with Crippen LogP contribution in [0, 0.1) is 0 Å². The molecule has 0 bridgehead atoms. The average molecular weight is 1030 g/mol. The number of fused-ring (bicyclic) bond motifs is 1. The molecule has 3 aromatic rings. The standard InChI is InChI=1S/C19H6Br8O5S.2Na/c20-7-1-5(2-8(21)16(7)28)19(6-3-9(22)17(29)10(23)4-6)11-12(24)13(25)14(26)15(27)18(11)33(30,31)32-19;;/h1-4,28-29H;;. The Kier molecular flexibility index (Phi) is 12.2. The molecule has 0 atom stereocenters. The maximum atomic E-state index is 13.5. The Morgan fingerprint density at radius 3 is 1.34 bits per heavy atom. The molecule has 176 valence electrons. The van der Waals surface area contributed by atoms with Crippen molar-refractivity contribution < 1.29 is 22.8 Å². The number of rotatable bonds is 2. The van der Waals surface area contributed by atoms with Gasteiger partial charge in [-0.25, -0.2) is 4.18 Å². The van der Waals surface area contributed by atoms with E-state index in [-0.39, 0.29) is 80.0 Å². The van der Waals surface area contributed by atoms with Gasteiger partial charge in [-0.2, -0.15) is 8.42 Å². The summed E-state index contributed by atoms with van der Waals surface area (Å²) in [7, 11) is -4.29. The number of phenolic OH excluding ortho intramolecular Hbond substituents is 2. The molecule has 1 aliphatic heterocycles. The summed E-state index contributed by atoms with van der Waals surface area (Å²) in [5.41, 5.74) is -0.602. The number of hydrogen-bond acceptors (Lipinski definition) is 5. The third-order valence-corrected chi connectivity index (χ3v) is 13.7. The van der Waals surface area contributed by atoms with Crippen LogP contribution in [0.25, 0.3) is 0 Å². The van der Waals surface area contributed by atoms with Crippen LogP contribution >= 0.6 is 127 Å². The minimum Gasteiger partial charge on any atom is -0.506 e. The minimum atomic E-state index is -4.29. The van der Waals surface area contributed by atoms with Crippen molar-refractivity contribution in [3.63, 3.8) is 0 Å². The Bertz CT molecular complexity index is 1380. The molecular formula is C19H6Br8Na2O5S. The predicted octanol–water partition coefficient (Wildman–Crippen LogP) is 8.45.